The van der Waals surface area contributed by atoms with Crippen molar-refractivity contribution < 1.29 is 23.9 Å². The number of ether oxygens (including phenoxy) is 2. The number of hydrogen-bond donors (Lipinski definition) is 2. The normalized spacial score (nSPS) is 10.8. The molecule has 0 bridgehead atoms. The van der Waals surface area contributed by atoms with Crippen molar-refractivity contribution in [1.29, 1.82) is 0 Å². The van der Waals surface area contributed by atoms with Gasteiger partial charge >= 0.3 is 5.97 Å². The van der Waals surface area contributed by atoms with E-state index in [2.05, 4.69) is 15.8 Å². The smallest absolute Gasteiger partial charge is 0.344 e. The first-order valence-electron chi connectivity index (χ1n) is 12.8. The summed E-state index contributed by atoms with van der Waals surface area (Å²) in [6, 6.07) is 32.6. The summed E-state index contributed by atoms with van der Waals surface area (Å²) in [7, 11) is 0. The third kappa shape index (κ3) is 7.64. The van der Waals surface area contributed by atoms with Crippen LogP contribution in [0.4, 0.5) is 5.69 Å². The number of carbonyl (C=O) groups excluding carboxylic acids is 3. The van der Waals surface area contributed by atoms with Crippen LogP contribution in [-0.4, -0.2) is 37.2 Å². The number of benzene rings is 4. The van der Waals surface area contributed by atoms with Crippen molar-refractivity contribution in [2.45, 2.75) is 12.8 Å². The second-order valence-electron chi connectivity index (χ2n) is 8.65. The molecule has 0 aliphatic carbocycles. The number of nitrogens with one attached hydrogen (secondary N) is 2. The Kier molecular flexibility index (Phi) is 9.77. The van der Waals surface area contributed by atoms with Gasteiger partial charge in [0.15, 0.2) is 6.61 Å². The quantitative estimate of drug-likeness (QED) is 0.157. The molecule has 0 fully saturated rings. The van der Waals surface area contributed by atoms with Crippen LogP contribution in [0.15, 0.2) is 114 Å². The van der Waals surface area contributed by atoms with E-state index in [9.17, 15) is 14.4 Å². The molecule has 2 amide bonds. The molecule has 0 aliphatic rings. The van der Waals surface area contributed by atoms with Crippen LogP contribution in [0.5, 0.6) is 5.75 Å². The molecule has 0 saturated heterocycles. The van der Waals surface area contributed by atoms with Crippen LogP contribution in [0.2, 0.25) is 0 Å². The summed E-state index contributed by atoms with van der Waals surface area (Å²) in [6.45, 7) is 1.85. The van der Waals surface area contributed by atoms with Gasteiger partial charge in [-0.3, -0.25) is 9.59 Å². The molecular weight excluding hydrogens is 506 g/mol. The fourth-order valence-electron chi connectivity index (χ4n) is 4.00. The standard InChI is InChI=1S/C32H29N3O5/c1-2-39-29(36)22-40-26-19-17-23(18-20-26)21-33-35-31(37)27-15-9-10-16-28(27)34-32(38)30(24-11-5-3-6-12-24)25-13-7-4-8-14-25/h3-21,30H,2,22H2,1H3,(H,34,38)(H,35,37)/b33-21-. The second kappa shape index (κ2) is 14.1. The number of nitrogens with zero attached hydrogens (tertiary/aromatic N) is 1. The van der Waals surface area contributed by atoms with E-state index in [1.165, 1.54) is 6.21 Å². The van der Waals surface area contributed by atoms with Gasteiger partial charge in [-0.2, -0.15) is 5.10 Å². The van der Waals surface area contributed by atoms with E-state index >= 15 is 0 Å². The highest BCUT2D eigenvalue weighted by Gasteiger charge is 2.24. The van der Waals surface area contributed by atoms with Gasteiger partial charge in [-0.15, -0.1) is 0 Å². The summed E-state index contributed by atoms with van der Waals surface area (Å²) in [6.07, 6.45) is 1.48. The number of amides is 2. The molecule has 0 heterocycles. The largest absolute Gasteiger partial charge is 0.482 e. The molecular formula is C32H29N3O5. The number of esters is 1. The third-order valence-electron chi connectivity index (χ3n) is 5.88. The van der Waals surface area contributed by atoms with Crippen molar-refractivity contribution in [2.24, 2.45) is 5.10 Å². The third-order valence-corrected chi connectivity index (χ3v) is 5.88. The van der Waals surface area contributed by atoms with E-state index < -0.39 is 17.8 Å². The van der Waals surface area contributed by atoms with E-state index in [-0.39, 0.29) is 18.1 Å². The molecule has 4 aromatic carbocycles. The lowest BCUT2D eigenvalue weighted by Gasteiger charge is -2.19. The number of carbonyl (C=O) groups is 3. The maximum absolute atomic E-state index is 13.5. The lowest BCUT2D eigenvalue weighted by molar-refractivity contribution is -0.145. The van der Waals surface area contributed by atoms with E-state index in [1.807, 2.05) is 60.7 Å². The first-order chi connectivity index (χ1) is 19.5. The average molecular weight is 536 g/mol. The summed E-state index contributed by atoms with van der Waals surface area (Å²) in [4.78, 5) is 37.9. The lowest BCUT2D eigenvalue weighted by atomic mass is 9.90. The summed E-state index contributed by atoms with van der Waals surface area (Å²) in [5.74, 6) is -1.23. The van der Waals surface area contributed by atoms with Gasteiger partial charge in [0, 0.05) is 0 Å². The highest BCUT2D eigenvalue weighted by atomic mass is 16.6. The Morgan fingerprint density at radius 3 is 2.02 bits per heavy atom. The van der Waals surface area contributed by atoms with Gasteiger partial charge in [0.2, 0.25) is 5.91 Å². The summed E-state index contributed by atoms with van der Waals surface area (Å²) >= 11 is 0. The predicted octanol–water partition coefficient (Wildman–Crippen LogP) is 5.16. The fourth-order valence-corrected chi connectivity index (χ4v) is 4.00. The van der Waals surface area contributed by atoms with E-state index in [0.29, 0.717) is 23.6 Å². The topological polar surface area (TPSA) is 106 Å². The first kappa shape index (κ1) is 27.8. The van der Waals surface area contributed by atoms with Crippen LogP contribution in [0.25, 0.3) is 0 Å². The molecule has 0 aliphatic heterocycles. The Morgan fingerprint density at radius 1 is 0.800 bits per heavy atom. The minimum absolute atomic E-state index is 0.176. The number of para-hydroxylation sites is 1. The van der Waals surface area contributed by atoms with Crippen molar-refractivity contribution in [1.82, 2.24) is 5.43 Å². The Labute approximate surface area is 232 Å². The molecule has 2 N–H and O–H groups in total. The summed E-state index contributed by atoms with van der Waals surface area (Å²) < 4.78 is 10.2. The Balaban J connectivity index is 1.42. The van der Waals surface area contributed by atoms with E-state index in [1.54, 1.807) is 55.5 Å². The molecule has 0 atom stereocenters. The number of hydrazone groups is 1. The van der Waals surface area contributed by atoms with Crippen molar-refractivity contribution in [2.75, 3.05) is 18.5 Å². The van der Waals surface area contributed by atoms with E-state index in [0.717, 1.165) is 11.1 Å². The van der Waals surface area contributed by atoms with Crippen molar-refractivity contribution >= 4 is 29.7 Å². The average Bonchev–Trinajstić information content (AvgIpc) is 2.98. The Morgan fingerprint density at radius 2 is 1.40 bits per heavy atom. The van der Waals surface area contributed by atoms with Crippen LogP contribution in [0.3, 0.4) is 0 Å². The zero-order valence-corrected chi connectivity index (χ0v) is 21.9. The van der Waals surface area contributed by atoms with Gasteiger partial charge in [-0.25, -0.2) is 10.2 Å². The summed E-state index contributed by atoms with van der Waals surface area (Å²) in [5, 5.41) is 6.98. The molecule has 8 nitrogen and oxygen atoms in total. The maximum Gasteiger partial charge on any atom is 0.344 e. The van der Waals surface area contributed by atoms with Crippen LogP contribution >= 0.6 is 0 Å². The minimum Gasteiger partial charge on any atom is -0.482 e. The molecule has 202 valence electrons. The van der Waals surface area contributed by atoms with Crippen LogP contribution in [0, 0.1) is 0 Å². The number of anilines is 1. The number of rotatable bonds is 11. The first-order valence-corrected chi connectivity index (χ1v) is 12.8. The lowest BCUT2D eigenvalue weighted by Crippen LogP contribution is -2.25. The van der Waals surface area contributed by atoms with Gasteiger partial charge < -0.3 is 14.8 Å². The number of hydrogen-bond acceptors (Lipinski definition) is 6. The zero-order valence-electron chi connectivity index (χ0n) is 21.9. The molecule has 4 aromatic rings. The van der Waals surface area contributed by atoms with Gasteiger partial charge in [0.25, 0.3) is 5.91 Å². The predicted molar refractivity (Wildman–Crippen MR) is 153 cm³/mol. The van der Waals surface area contributed by atoms with Crippen LogP contribution in [0.1, 0.15) is 39.9 Å². The van der Waals surface area contributed by atoms with Crippen molar-refractivity contribution in [3.63, 3.8) is 0 Å². The molecule has 4 rings (SSSR count). The van der Waals surface area contributed by atoms with Crippen LogP contribution < -0.4 is 15.5 Å². The molecule has 0 unspecified atom stereocenters. The van der Waals surface area contributed by atoms with Gasteiger partial charge in [-0.1, -0.05) is 72.8 Å². The Hall–Kier alpha value is -5.24. The van der Waals surface area contributed by atoms with Crippen LogP contribution in [-0.2, 0) is 14.3 Å². The zero-order chi connectivity index (χ0) is 28.2. The Bertz CT molecular complexity index is 1420. The highest BCUT2D eigenvalue weighted by Crippen LogP contribution is 2.27. The van der Waals surface area contributed by atoms with Crippen molar-refractivity contribution in [3.8, 4) is 5.75 Å². The second-order valence-corrected chi connectivity index (χ2v) is 8.65. The minimum atomic E-state index is -0.555. The van der Waals surface area contributed by atoms with Gasteiger partial charge in [0.05, 0.1) is 30.0 Å². The van der Waals surface area contributed by atoms with Crippen molar-refractivity contribution in [3.05, 3.63) is 131 Å². The molecule has 40 heavy (non-hydrogen) atoms. The molecule has 0 spiro atoms. The molecule has 8 heteroatoms. The summed E-state index contributed by atoms with van der Waals surface area (Å²) in [5.41, 5.74) is 5.55. The van der Waals surface area contributed by atoms with Gasteiger partial charge in [-0.05, 0) is 60.0 Å². The highest BCUT2D eigenvalue weighted by molar-refractivity contribution is 6.06. The SMILES string of the molecule is CCOC(=O)COc1ccc(/C=N\NC(=O)c2ccccc2NC(=O)C(c2ccccc2)c2ccccc2)cc1. The van der Waals surface area contributed by atoms with Gasteiger partial charge in [0.1, 0.15) is 5.75 Å². The monoisotopic (exact) mass is 535 g/mol. The maximum atomic E-state index is 13.5. The molecule has 0 radical (unpaired) electrons. The molecule has 0 aromatic heterocycles. The fraction of sp³-hybridized carbons (Fsp3) is 0.125. The van der Waals surface area contributed by atoms with E-state index in [4.69, 9.17) is 9.47 Å². The molecule has 0 saturated carbocycles.